The maximum absolute atomic E-state index is 6.07. The summed E-state index contributed by atoms with van der Waals surface area (Å²) < 4.78 is 0. The summed E-state index contributed by atoms with van der Waals surface area (Å²) in [5, 5.41) is 0. The number of aromatic nitrogens is 2. The van der Waals surface area contributed by atoms with Gasteiger partial charge in [-0.1, -0.05) is 11.6 Å². The van der Waals surface area contributed by atoms with Crippen LogP contribution in [0.2, 0.25) is 0 Å². The van der Waals surface area contributed by atoms with E-state index in [1.807, 2.05) is 12.1 Å². The summed E-state index contributed by atoms with van der Waals surface area (Å²) in [5.74, 6) is 0.777. The summed E-state index contributed by atoms with van der Waals surface area (Å²) in [6.07, 6.45) is 4.66. The molecule has 1 aromatic carbocycles. The van der Waals surface area contributed by atoms with E-state index in [0.717, 1.165) is 35.6 Å². The van der Waals surface area contributed by atoms with Crippen molar-refractivity contribution in [1.82, 2.24) is 9.97 Å². The number of rotatable bonds is 1. The molecule has 0 fully saturated rings. The minimum Gasteiger partial charge on any atom is -0.398 e. The fraction of sp³-hybridized carbons (Fsp3) is 0.375. The lowest BCUT2D eigenvalue weighted by Gasteiger charge is -2.18. The number of aryl methyl sites for hydroxylation is 3. The molecule has 0 spiro atoms. The van der Waals surface area contributed by atoms with Crippen molar-refractivity contribution in [3.63, 3.8) is 0 Å². The van der Waals surface area contributed by atoms with Crippen molar-refractivity contribution >= 4 is 5.69 Å². The van der Waals surface area contributed by atoms with Crippen LogP contribution in [0.25, 0.3) is 11.4 Å². The van der Waals surface area contributed by atoms with Crippen LogP contribution in [0, 0.1) is 13.8 Å². The quantitative estimate of drug-likeness (QED) is 0.794. The van der Waals surface area contributed by atoms with E-state index in [1.54, 1.807) is 0 Å². The zero-order chi connectivity index (χ0) is 13.4. The van der Waals surface area contributed by atoms with Gasteiger partial charge in [0.25, 0.3) is 0 Å². The predicted octanol–water partition coefficient (Wildman–Crippen LogP) is 3.22. The fourth-order valence-corrected chi connectivity index (χ4v) is 2.77. The number of nitrogens with two attached hydrogens (primary N) is 1. The number of nitrogen functional groups attached to an aromatic ring is 1. The van der Waals surface area contributed by atoms with E-state index in [2.05, 4.69) is 24.9 Å². The molecular formula is C16H19N3. The van der Waals surface area contributed by atoms with Gasteiger partial charge in [-0.25, -0.2) is 9.97 Å². The number of hydrogen-bond acceptors (Lipinski definition) is 3. The van der Waals surface area contributed by atoms with E-state index in [4.69, 9.17) is 10.7 Å². The highest BCUT2D eigenvalue weighted by atomic mass is 14.9. The molecule has 0 amide bonds. The van der Waals surface area contributed by atoms with Gasteiger partial charge in [-0.15, -0.1) is 0 Å². The van der Waals surface area contributed by atoms with E-state index in [0.29, 0.717) is 0 Å². The second-order valence-corrected chi connectivity index (χ2v) is 5.36. The zero-order valence-electron chi connectivity index (χ0n) is 11.5. The minimum atomic E-state index is 0.751. The van der Waals surface area contributed by atoms with Crippen molar-refractivity contribution in [2.75, 3.05) is 5.73 Å². The van der Waals surface area contributed by atoms with Crippen LogP contribution in [-0.2, 0) is 12.8 Å². The highest BCUT2D eigenvalue weighted by molar-refractivity contribution is 5.72. The molecule has 3 rings (SSSR count). The molecule has 0 radical (unpaired) electrons. The van der Waals surface area contributed by atoms with Crippen molar-refractivity contribution < 1.29 is 0 Å². The zero-order valence-corrected chi connectivity index (χ0v) is 11.5. The van der Waals surface area contributed by atoms with Crippen LogP contribution in [0.3, 0.4) is 0 Å². The molecule has 0 aliphatic heterocycles. The van der Waals surface area contributed by atoms with E-state index < -0.39 is 0 Å². The number of hydrogen-bond donors (Lipinski definition) is 1. The van der Waals surface area contributed by atoms with Gasteiger partial charge in [0, 0.05) is 22.6 Å². The molecule has 3 nitrogen and oxygen atoms in total. The smallest absolute Gasteiger partial charge is 0.161 e. The first-order valence-electron chi connectivity index (χ1n) is 6.88. The van der Waals surface area contributed by atoms with E-state index in [1.165, 1.54) is 29.7 Å². The Balaban J connectivity index is 2.15. The lowest BCUT2D eigenvalue weighted by molar-refractivity contribution is 0.658. The average molecular weight is 253 g/mol. The Morgan fingerprint density at radius 1 is 1.05 bits per heavy atom. The van der Waals surface area contributed by atoms with Gasteiger partial charge in [0.1, 0.15) is 0 Å². The number of fused-ring (bicyclic) bond motifs is 1. The standard InChI is InChI=1S/C16H19N3/c1-10-7-8-14(17)13(9-10)16-18-11(2)12-5-3-4-6-15(12)19-16/h7-9H,3-6,17H2,1-2H3. The highest BCUT2D eigenvalue weighted by Crippen LogP contribution is 2.28. The summed E-state index contributed by atoms with van der Waals surface area (Å²) in [7, 11) is 0. The Morgan fingerprint density at radius 2 is 1.84 bits per heavy atom. The van der Waals surface area contributed by atoms with Gasteiger partial charge in [0.05, 0.1) is 0 Å². The van der Waals surface area contributed by atoms with Gasteiger partial charge in [-0.3, -0.25) is 0 Å². The molecule has 1 heterocycles. The van der Waals surface area contributed by atoms with Crippen molar-refractivity contribution in [3.8, 4) is 11.4 Å². The molecule has 2 N–H and O–H groups in total. The van der Waals surface area contributed by atoms with Crippen LogP contribution in [0.5, 0.6) is 0 Å². The Morgan fingerprint density at radius 3 is 2.68 bits per heavy atom. The second kappa shape index (κ2) is 4.65. The lowest BCUT2D eigenvalue weighted by Crippen LogP contribution is -2.11. The molecule has 0 atom stereocenters. The minimum absolute atomic E-state index is 0.751. The first kappa shape index (κ1) is 12.2. The molecule has 1 aromatic heterocycles. The molecule has 2 aromatic rings. The monoisotopic (exact) mass is 253 g/mol. The van der Waals surface area contributed by atoms with Gasteiger partial charge < -0.3 is 5.73 Å². The normalized spacial score (nSPS) is 14.2. The van der Waals surface area contributed by atoms with Crippen LogP contribution in [0.15, 0.2) is 18.2 Å². The Hall–Kier alpha value is -1.90. The third-order valence-electron chi connectivity index (χ3n) is 3.84. The molecule has 1 aliphatic carbocycles. The molecule has 1 aliphatic rings. The summed E-state index contributed by atoms with van der Waals surface area (Å²) >= 11 is 0. The maximum Gasteiger partial charge on any atom is 0.161 e. The van der Waals surface area contributed by atoms with Gasteiger partial charge in [-0.2, -0.15) is 0 Å². The summed E-state index contributed by atoms with van der Waals surface area (Å²) in [6.45, 7) is 4.15. The fourth-order valence-electron chi connectivity index (χ4n) is 2.77. The van der Waals surface area contributed by atoms with E-state index >= 15 is 0 Å². The second-order valence-electron chi connectivity index (χ2n) is 5.36. The molecule has 0 bridgehead atoms. The molecule has 19 heavy (non-hydrogen) atoms. The van der Waals surface area contributed by atoms with Crippen LogP contribution in [0.1, 0.15) is 35.4 Å². The van der Waals surface area contributed by atoms with Crippen molar-refractivity contribution in [2.45, 2.75) is 39.5 Å². The maximum atomic E-state index is 6.07. The van der Waals surface area contributed by atoms with Crippen LogP contribution in [0.4, 0.5) is 5.69 Å². The Kier molecular flexibility index (Phi) is 2.97. The largest absolute Gasteiger partial charge is 0.398 e. The van der Waals surface area contributed by atoms with Crippen LogP contribution < -0.4 is 5.73 Å². The predicted molar refractivity (Wildman–Crippen MR) is 78.0 cm³/mol. The van der Waals surface area contributed by atoms with Gasteiger partial charge >= 0.3 is 0 Å². The number of benzene rings is 1. The molecular weight excluding hydrogens is 234 g/mol. The number of anilines is 1. The first-order valence-corrected chi connectivity index (χ1v) is 6.88. The first-order chi connectivity index (χ1) is 9.15. The summed E-state index contributed by atoms with van der Waals surface area (Å²) in [4.78, 5) is 9.42. The van der Waals surface area contributed by atoms with Crippen molar-refractivity contribution in [3.05, 3.63) is 40.7 Å². The molecule has 0 unspecified atom stereocenters. The van der Waals surface area contributed by atoms with E-state index in [9.17, 15) is 0 Å². The SMILES string of the molecule is Cc1ccc(N)c(-c2nc(C)c3c(n2)CCCC3)c1. The molecule has 98 valence electrons. The molecule has 3 heteroatoms. The average Bonchev–Trinajstić information content (AvgIpc) is 2.41. The topological polar surface area (TPSA) is 51.8 Å². The van der Waals surface area contributed by atoms with Gasteiger partial charge in [0.15, 0.2) is 5.82 Å². The third kappa shape index (κ3) is 2.21. The third-order valence-corrected chi connectivity index (χ3v) is 3.84. The number of nitrogens with zero attached hydrogens (tertiary/aromatic N) is 2. The van der Waals surface area contributed by atoms with Crippen molar-refractivity contribution in [1.29, 1.82) is 0 Å². The highest BCUT2D eigenvalue weighted by Gasteiger charge is 2.17. The Bertz CT molecular complexity index is 632. The Labute approximate surface area is 113 Å². The van der Waals surface area contributed by atoms with Gasteiger partial charge in [0.2, 0.25) is 0 Å². The lowest BCUT2D eigenvalue weighted by atomic mass is 9.94. The van der Waals surface area contributed by atoms with Gasteiger partial charge in [-0.05, 0) is 57.2 Å². The summed E-state index contributed by atoms with van der Waals surface area (Å²) in [5.41, 5.74) is 12.6. The van der Waals surface area contributed by atoms with E-state index in [-0.39, 0.29) is 0 Å². The van der Waals surface area contributed by atoms with Crippen LogP contribution in [-0.4, -0.2) is 9.97 Å². The summed E-state index contributed by atoms with van der Waals surface area (Å²) in [6, 6.07) is 6.02. The van der Waals surface area contributed by atoms with Crippen molar-refractivity contribution in [2.24, 2.45) is 0 Å². The molecule has 0 saturated heterocycles. The molecule has 0 saturated carbocycles. The van der Waals surface area contributed by atoms with Crippen LogP contribution >= 0.6 is 0 Å².